The summed E-state index contributed by atoms with van der Waals surface area (Å²) < 4.78 is 5.63. The van der Waals surface area contributed by atoms with Crippen molar-refractivity contribution in [3.05, 3.63) is 33.9 Å². The van der Waals surface area contributed by atoms with Gasteiger partial charge in [-0.25, -0.2) is 4.98 Å². The van der Waals surface area contributed by atoms with Crippen molar-refractivity contribution >= 4 is 39.9 Å². The van der Waals surface area contributed by atoms with Gasteiger partial charge in [0.25, 0.3) is 0 Å². The Labute approximate surface area is 121 Å². The molecule has 0 aliphatic carbocycles. The number of hydrogen-bond acceptors (Lipinski definition) is 3. The summed E-state index contributed by atoms with van der Waals surface area (Å²) in [6.45, 7) is 5.01. The molecule has 2 aromatic rings. The van der Waals surface area contributed by atoms with Crippen LogP contribution in [0.4, 0.5) is 0 Å². The SMILES string of the molecule is CC(=O)C(C)Oc1c(Cl)cc(Cl)c2ccc(C)nc12. The number of carbonyl (C=O) groups excluding carboxylic acids is 1. The van der Waals surface area contributed by atoms with Crippen LogP contribution in [0.15, 0.2) is 18.2 Å². The molecule has 0 saturated heterocycles. The molecule has 3 nitrogen and oxygen atoms in total. The molecule has 1 atom stereocenters. The first-order valence-electron chi connectivity index (χ1n) is 5.82. The zero-order chi connectivity index (χ0) is 14.2. The van der Waals surface area contributed by atoms with Crippen LogP contribution in [0.2, 0.25) is 10.0 Å². The van der Waals surface area contributed by atoms with E-state index in [-0.39, 0.29) is 5.78 Å². The molecule has 1 aromatic carbocycles. The van der Waals surface area contributed by atoms with Crippen LogP contribution in [0.5, 0.6) is 5.75 Å². The Hall–Kier alpha value is -1.32. The monoisotopic (exact) mass is 297 g/mol. The maximum absolute atomic E-state index is 11.3. The molecule has 0 aliphatic heterocycles. The van der Waals surface area contributed by atoms with Crippen LogP contribution in [-0.4, -0.2) is 16.9 Å². The van der Waals surface area contributed by atoms with Crippen LogP contribution in [0.1, 0.15) is 19.5 Å². The number of fused-ring (bicyclic) bond motifs is 1. The number of benzene rings is 1. The lowest BCUT2D eigenvalue weighted by atomic mass is 10.2. The highest BCUT2D eigenvalue weighted by Crippen LogP contribution is 2.37. The highest BCUT2D eigenvalue weighted by atomic mass is 35.5. The number of halogens is 2. The maximum atomic E-state index is 11.3. The molecular weight excluding hydrogens is 285 g/mol. The quantitative estimate of drug-likeness (QED) is 0.852. The second-order valence-corrected chi connectivity index (χ2v) is 5.20. The van der Waals surface area contributed by atoms with E-state index in [2.05, 4.69) is 4.98 Å². The van der Waals surface area contributed by atoms with Crippen LogP contribution in [0, 0.1) is 6.92 Å². The van der Waals surface area contributed by atoms with Crippen molar-refractivity contribution < 1.29 is 9.53 Å². The van der Waals surface area contributed by atoms with Crippen molar-refractivity contribution in [3.63, 3.8) is 0 Å². The molecule has 0 saturated carbocycles. The van der Waals surface area contributed by atoms with Crippen LogP contribution in [0.3, 0.4) is 0 Å². The van der Waals surface area contributed by atoms with Crippen molar-refractivity contribution in [1.29, 1.82) is 0 Å². The van der Waals surface area contributed by atoms with Gasteiger partial charge in [0.1, 0.15) is 5.52 Å². The second kappa shape index (κ2) is 5.35. The molecule has 100 valence electrons. The zero-order valence-corrected chi connectivity index (χ0v) is 12.3. The van der Waals surface area contributed by atoms with Crippen molar-refractivity contribution in [2.24, 2.45) is 0 Å². The van der Waals surface area contributed by atoms with Crippen LogP contribution >= 0.6 is 23.2 Å². The van der Waals surface area contributed by atoms with Gasteiger partial charge in [-0.3, -0.25) is 4.79 Å². The first-order valence-corrected chi connectivity index (χ1v) is 6.58. The number of pyridine rings is 1. The van der Waals surface area contributed by atoms with Crippen LogP contribution < -0.4 is 4.74 Å². The van der Waals surface area contributed by atoms with E-state index < -0.39 is 6.10 Å². The van der Waals surface area contributed by atoms with Gasteiger partial charge >= 0.3 is 0 Å². The fourth-order valence-corrected chi connectivity index (χ4v) is 2.22. The van der Waals surface area contributed by atoms with E-state index in [0.717, 1.165) is 11.1 Å². The molecule has 0 amide bonds. The molecular formula is C14H13Cl2NO2. The zero-order valence-electron chi connectivity index (χ0n) is 10.8. The first kappa shape index (κ1) is 14.1. The molecule has 1 heterocycles. The molecule has 1 aromatic heterocycles. The molecule has 0 radical (unpaired) electrons. The predicted octanol–water partition coefficient (Wildman–Crippen LogP) is 4.21. The van der Waals surface area contributed by atoms with Gasteiger partial charge in [-0.05, 0) is 39.0 Å². The Bertz CT molecular complexity index is 655. The molecule has 0 N–H and O–H groups in total. The summed E-state index contributed by atoms with van der Waals surface area (Å²) in [5.41, 5.74) is 1.40. The highest BCUT2D eigenvalue weighted by molar-refractivity contribution is 6.39. The van der Waals surface area contributed by atoms with Gasteiger partial charge in [-0.1, -0.05) is 23.2 Å². The Kier molecular flexibility index (Phi) is 3.97. The fraction of sp³-hybridized carbons (Fsp3) is 0.286. The summed E-state index contributed by atoms with van der Waals surface area (Å²) in [5.74, 6) is 0.319. The summed E-state index contributed by atoms with van der Waals surface area (Å²) >= 11 is 12.3. The standard InChI is InChI=1S/C14H13Cl2NO2/c1-7-4-5-10-11(15)6-12(16)14(13(10)17-7)19-9(3)8(2)18/h4-6,9H,1-3H3. The Morgan fingerprint density at radius 2 is 2.00 bits per heavy atom. The summed E-state index contributed by atoms with van der Waals surface area (Å²) in [4.78, 5) is 15.7. The normalized spacial score (nSPS) is 12.5. The van der Waals surface area contributed by atoms with Gasteiger partial charge < -0.3 is 4.74 Å². The van der Waals surface area contributed by atoms with Gasteiger partial charge in [0.2, 0.25) is 0 Å². The van der Waals surface area contributed by atoms with E-state index in [1.54, 1.807) is 13.0 Å². The molecule has 0 fully saturated rings. The third-order valence-corrected chi connectivity index (χ3v) is 3.44. The molecule has 0 spiro atoms. The lowest BCUT2D eigenvalue weighted by Crippen LogP contribution is -2.21. The molecule has 5 heteroatoms. The Morgan fingerprint density at radius 1 is 1.32 bits per heavy atom. The van der Waals surface area contributed by atoms with Crippen molar-refractivity contribution in [3.8, 4) is 5.75 Å². The molecule has 0 bridgehead atoms. The van der Waals surface area contributed by atoms with Gasteiger partial charge in [0, 0.05) is 11.1 Å². The molecule has 19 heavy (non-hydrogen) atoms. The summed E-state index contributed by atoms with van der Waals surface area (Å²) in [6, 6.07) is 5.33. The smallest absolute Gasteiger partial charge is 0.169 e. The number of carbonyl (C=O) groups is 1. The summed E-state index contributed by atoms with van der Waals surface area (Å²) in [5, 5.41) is 1.61. The Balaban J connectivity index is 2.64. The maximum Gasteiger partial charge on any atom is 0.169 e. The highest BCUT2D eigenvalue weighted by Gasteiger charge is 2.17. The number of aromatic nitrogens is 1. The van der Waals surface area contributed by atoms with E-state index in [1.165, 1.54) is 6.92 Å². The summed E-state index contributed by atoms with van der Waals surface area (Å²) in [7, 11) is 0. The van der Waals surface area contributed by atoms with E-state index >= 15 is 0 Å². The lowest BCUT2D eigenvalue weighted by Gasteiger charge is -2.15. The second-order valence-electron chi connectivity index (χ2n) is 4.39. The van der Waals surface area contributed by atoms with E-state index in [4.69, 9.17) is 27.9 Å². The number of aryl methyl sites for hydroxylation is 1. The van der Waals surface area contributed by atoms with Gasteiger partial charge in [-0.15, -0.1) is 0 Å². The third kappa shape index (κ3) is 2.82. The number of ketones is 1. The average molecular weight is 298 g/mol. The lowest BCUT2D eigenvalue weighted by molar-refractivity contribution is -0.122. The number of nitrogens with zero attached hydrogens (tertiary/aromatic N) is 1. The van der Waals surface area contributed by atoms with Crippen molar-refractivity contribution in [2.75, 3.05) is 0 Å². The summed E-state index contributed by atoms with van der Waals surface area (Å²) in [6.07, 6.45) is -0.579. The topological polar surface area (TPSA) is 39.2 Å². The molecule has 1 unspecified atom stereocenters. The van der Waals surface area contributed by atoms with Gasteiger partial charge in [-0.2, -0.15) is 0 Å². The Morgan fingerprint density at radius 3 is 2.63 bits per heavy atom. The minimum absolute atomic E-state index is 0.0770. The van der Waals surface area contributed by atoms with E-state index in [1.807, 2.05) is 19.1 Å². The van der Waals surface area contributed by atoms with Gasteiger partial charge in [0.15, 0.2) is 17.6 Å². The minimum atomic E-state index is -0.579. The third-order valence-electron chi connectivity index (χ3n) is 2.84. The van der Waals surface area contributed by atoms with Crippen LogP contribution in [-0.2, 0) is 4.79 Å². The van der Waals surface area contributed by atoms with Crippen molar-refractivity contribution in [1.82, 2.24) is 4.98 Å². The predicted molar refractivity (Wildman–Crippen MR) is 77.3 cm³/mol. The largest absolute Gasteiger partial charge is 0.479 e. The number of hydrogen-bond donors (Lipinski definition) is 0. The number of ether oxygens (including phenoxy) is 1. The van der Waals surface area contributed by atoms with E-state index in [0.29, 0.717) is 21.3 Å². The van der Waals surface area contributed by atoms with Gasteiger partial charge in [0.05, 0.1) is 10.0 Å². The van der Waals surface area contributed by atoms with Crippen LogP contribution in [0.25, 0.3) is 10.9 Å². The number of Topliss-reactive ketones (excluding diaryl/α,β-unsaturated/α-hetero) is 1. The fourth-order valence-electron chi connectivity index (χ4n) is 1.66. The molecule has 2 rings (SSSR count). The van der Waals surface area contributed by atoms with E-state index in [9.17, 15) is 4.79 Å². The number of rotatable bonds is 3. The minimum Gasteiger partial charge on any atom is -0.479 e. The molecule has 0 aliphatic rings. The van der Waals surface area contributed by atoms with Crippen molar-refractivity contribution in [2.45, 2.75) is 26.9 Å². The first-order chi connectivity index (χ1) is 8.90. The average Bonchev–Trinajstić information content (AvgIpc) is 2.33.